The largest absolute Gasteiger partial charge is 0.323 e. The van der Waals surface area contributed by atoms with Gasteiger partial charge >= 0.3 is 10.1 Å². The molecule has 56 valence electrons. The molecule has 0 fully saturated rings. The van der Waals surface area contributed by atoms with Crippen LogP contribution in [-0.2, 0) is 10.1 Å². The van der Waals surface area contributed by atoms with E-state index in [9.17, 15) is 8.42 Å². The van der Waals surface area contributed by atoms with Gasteiger partial charge in [0.1, 0.15) is 0 Å². The van der Waals surface area contributed by atoms with Crippen LogP contribution in [0.4, 0.5) is 0 Å². The Morgan fingerprint density at radius 2 is 2.30 bits per heavy atom. The number of rotatable bonds is 1. The summed E-state index contributed by atoms with van der Waals surface area (Å²) >= 11 is 5.23. The number of aromatic nitrogens is 2. The van der Waals surface area contributed by atoms with Gasteiger partial charge in [-0.15, -0.1) is 5.10 Å². The minimum atomic E-state index is -4.17. The van der Waals surface area contributed by atoms with Crippen LogP contribution in [-0.4, -0.2) is 23.2 Å². The van der Waals surface area contributed by atoms with Crippen LogP contribution in [0.15, 0.2) is 4.34 Å². The molecule has 0 aliphatic heterocycles. The van der Waals surface area contributed by atoms with Gasteiger partial charge in [0, 0.05) is 0 Å². The summed E-state index contributed by atoms with van der Waals surface area (Å²) in [5.41, 5.74) is 0. The Bertz CT molecular complexity index is 372. The van der Waals surface area contributed by atoms with Crippen LogP contribution in [0.1, 0.15) is 0 Å². The molecule has 0 aliphatic carbocycles. The molecule has 0 aromatic carbocycles. The van der Waals surface area contributed by atoms with Crippen LogP contribution in [0.3, 0.4) is 0 Å². The van der Waals surface area contributed by atoms with E-state index in [1.165, 1.54) is 0 Å². The van der Waals surface area contributed by atoms with Crippen LogP contribution in [0.25, 0.3) is 0 Å². The molecule has 0 aliphatic rings. The minimum absolute atomic E-state index is 0.215. The lowest BCUT2D eigenvalue weighted by Crippen LogP contribution is -1.96. The van der Waals surface area contributed by atoms with Gasteiger partial charge < -0.3 is 0 Å². The highest BCUT2D eigenvalue weighted by atomic mass is 32.3. The van der Waals surface area contributed by atoms with Crippen LogP contribution >= 0.6 is 23.6 Å². The summed E-state index contributed by atoms with van der Waals surface area (Å²) in [6, 6.07) is 0. The van der Waals surface area contributed by atoms with Crippen molar-refractivity contribution < 1.29 is 13.0 Å². The summed E-state index contributed by atoms with van der Waals surface area (Å²) in [5, 5.41) is 5.46. The predicted octanol–water partition coefficient (Wildman–Crippen LogP) is 0.447. The van der Waals surface area contributed by atoms with Crippen molar-refractivity contribution in [3.8, 4) is 0 Å². The summed E-state index contributed by atoms with van der Waals surface area (Å²) in [6.45, 7) is 0. The third-order valence-electron chi connectivity index (χ3n) is 0.639. The predicted molar refractivity (Wildman–Crippen MR) is 37.1 cm³/mol. The topological polar surface area (TPSA) is 83.1 Å². The highest BCUT2D eigenvalue weighted by Crippen LogP contribution is 2.10. The Kier molecular flexibility index (Phi) is 1.86. The highest BCUT2D eigenvalue weighted by molar-refractivity contribution is 7.88. The molecule has 8 heteroatoms. The van der Waals surface area contributed by atoms with Crippen molar-refractivity contribution in [3.63, 3.8) is 0 Å². The minimum Gasteiger partial charge on any atom is -0.280 e. The van der Waals surface area contributed by atoms with E-state index in [0.29, 0.717) is 11.3 Å². The van der Waals surface area contributed by atoms with Gasteiger partial charge in [-0.05, 0) is 12.2 Å². The lowest BCUT2D eigenvalue weighted by atomic mass is 11.6. The molecule has 10 heavy (non-hydrogen) atoms. The number of H-pyrrole nitrogens is 1. The Hall–Kier alpha value is -0.310. The van der Waals surface area contributed by atoms with Crippen LogP contribution in [0.2, 0.25) is 0 Å². The lowest BCUT2D eigenvalue weighted by Gasteiger charge is -1.82. The molecule has 1 aromatic rings. The van der Waals surface area contributed by atoms with E-state index in [4.69, 9.17) is 4.55 Å². The first-order chi connectivity index (χ1) is 4.50. The average molecular weight is 198 g/mol. The van der Waals surface area contributed by atoms with Gasteiger partial charge in [-0.1, -0.05) is 11.3 Å². The Morgan fingerprint density at radius 3 is 2.50 bits per heavy atom. The average Bonchev–Trinajstić information content (AvgIpc) is 2.11. The van der Waals surface area contributed by atoms with Crippen molar-refractivity contribution in [2.24, 2.45) is 0 Å². The monoisotopic (exact) mass is 198 g/mol. The molecule has 1 rings (SSSR count). The van der Waals surface area contributed by atoms with E-state index in [-0.39, 0.29) is 3.95 Å². The summed E-state index contributed by atoms with van der Waals surface area (Å²) in [4.78, 5) is 0. The standard InChI is InChI=1S/C2H2N2O3S3/c5-10(6,7)2-4-3-1(8)9-2/h(H,3,8)(H,5,6,7). The normalized spacial score (nSPS) is 11.7. The van der Waals surface area contributed by atoms with Crippen molar-refractivity contribution in [1.29, 1.82) is 0 Å². The lowest BCUT2D eigenvalue weighted by molar-refractivity contribution is 0.481. The maximum Gasteiger partial charge on any atom is 0.323 e. The van der Waals surface area contributed by atoms with Crippen molar-refractivity contribution >= 4 is 33.7 Å². The Morgan fingerprint density at radius 1 is 1.70 bits per heavy atom. The van der Waals surface area contributed by atoms with Gasteiger partial charge in [0.25, 0.3) is 4.34 Å². The van der Waals surface area contributed by atoms with Gasteiger partial charge in [0.2, 0.25) is 0 Å². The molecule has 0 saturated heterocycles. The summed E-state index contributed by atoms with van der Waals surface area (Å²) in [7, 11) is -4.17. The van der Waals surface area contributed by atoms with E-state index >= 15 is 0 Å². The number of nitrogens with one attached hydrogen (secondary N) is 1. The second-order valence-corrected chi connectivity index (χ2v) is 4.62. The summed E-state index contributed by atoms with van der Waals surface area (Å²) < 4.78 is 28.7. The Labute approximate surface area is 65.5 Å². The van der Waals surface area contributed by atoms with E-state index in [2.05, 4.69) is 22.4 Å². The van der Waals surface area contributed by atoms with E-state index < -0.39 is 14.5 Å². The molecule has 0 amide bonds. The van der Waals surface area contributed by atoms with E-state index in [1.807, 2.05) is 0 Å². The molecule has 1 heterocycles. The second kappa shape index (κ2) is 2.38. The molecule has 0 bridgehead atoms. The van der Waals surface area contributed by atoms with Crippen molar-refractivity contribution in [3.05, 3.63) is 3.95 Å². The van der Waals surface area contributed by atoms with Crippen LogP contribution in [0, 0.1) is 3.95 Å². The quantitative estimate of drug-likeness (QED) is 0.505. The summed E-state index contributed by atoms with van der Waals surface area (Å²) in [5.74, 6) is 0. The first-order valence-electron chi connectivity index (χ1n) is 2.03. The van der Waals surface area contributed by atoms with Crippen LogP contribution in [0.5, 0.6) is 0 Å². The molecule has 0 unspecified atom stereocenters. The zero-order chi connectivity index (χ0) is 7.78. The van der Waals surface area contributed by atoms with Crippen LogP contribution < -0.4 is 0 Å². The maximum atomic E-state index is 10.3. The van der Waals surface area contributed by atoms with Gasteiger partial charge in [-0.3, -0.25) is 9.65 Å². The second-order valence-electron chi connectivity index (χ2n) is 1.35. The van der Waals surface area contributed by atoms with E-state index in [0.717, 1.165) is 0 Å². The van der Waals surface area contributed by atoms with Crippen molar-refractivity contribution in [2.75, 3.05) is 0 Å². The molecule has 2 N–H and O–H groups in total. The third-order valence-corrected chi connectivity index (χ3v) is 2.94. The fourth-order valence-corrected chi connectivity index (χ4v) is 1.94. The number of hydrogen-bond donors (Lipinski definition) is 2. The van der Waals surface area contributed by atoms with Crippen molar-refractivity contribution in [1.82, 2.24) is 10.2 Å². The number of hydrogen-bond acceptors (Lipinski definition) is 5. The molecule has 1 aromatic heterocycles. The molecule has 0 atom stereocenters. The van der Waals surface area contributed by atoms with Gasteiger partial charge in [0.15, 0.2) is 3.95 Å². The highest BCUT2D eigenvalue weighted by Gasteiger charge is 2.12. The van der Waals surface area contributed by atoms with Crippen molar-refractivity contribution in [2.45, 2.75) is 4.34 Å². The Balaban J connectivity index is 3.34. The number of aromatic amines is 1. The molecular formula is C2H2N2O3S3. The molecule has 0 saturated carbocycles. The molecule has 0 spiro atoms. The first-order valence-corrected chi connectivity index (χ1v) is 4.69. The molecular weight excluding hydrogens is 196 g/mol. The van der Waals surface area contributed by atoms with Gasteiger partial charge in [-0.2, -0.15) is 8.42 Å². The fraction of sp³-hybridized carbons (Fsp3) is 0. The van der Waals surface area contributed by atoms with E-state index in [1.54, 1.807) is 0 Å². The SMILES string of the molecule is O=S(=O)(O)c1n[nH]c(=S)s1. The fourth-order valence-electron chi connectivity index (χ4n) is 0.327. The van der Waals surface area contributed by atoms with Gasteiger partial charge in [0.05, 0.1) is 0 Å². The maximum absolute atomic E-state index is 10.3. The zero-order valence-corrected chi connectivity index (χ0v) is 6.89. The van der Waals surface area contributed by atoms with Gasteiger partial charge in [-0.25, -0.2) is 0 Å². The molecule has 0 radical (unpaired) electrons. The number of nitrogens with zero attached hydrogens (tertiary/aromatic N) is 1. The molecule has 5 nitrogen and oxygen atoms in total. The smallest absolute Gasteiger partial charge is 0.280 e. The third kappa shape index (κ3) is 1.59. The first kappa shape index (κ1) is 7.79. The zero-order valence-electron chi connectivity index (χ0n) is 4.44. The summed E-state index contributed by atoms with van der Waals surface area (Å²) in [6.07, 6.45) is 0.